The molecule has 0 saturated carbocycles. The van der Waals surface area contributed by atoms with Crippen molar-refractivity contribution in [2.45, 2.75) is 40.0 Å². The first-order valence-corrected chi connectivity index (χ1v) is 8.94. The molecule has 6 heteroatoms. The summed E-state index contributed by atoms with van der Waals surface area (Å²) in [6, 6.07) is 7.71. The molecule has 0 bridgehead atoms. The van der Waals surface area contributed by atoms with Gasteiger partial charge >= 0.3 is 0 Å². The van der Waals surface area contributed by atoms with Crippen LogP contribution < -0.4 is 5.32 Å². The zero-order valence-corrected chi connectivity index (χ0v) is 16.3. The van der Waals surface area contributed by atoms with E-state index in [1.54, 1.807) is 7.05 Å². The van der Waals surface area contributed by atoms with Crippen LogP contribution in [0.15, 0.2) is 24.3 Å². The topological polar surface area (TPSA) is 67.2 Å². The maximum absolute atomic E-state index is 12.4. The molecule has 2 rings (SSSR count). The molecule has 1 N–H and O–H groups in total. The second-order valence-electron chi connectivity index (χ2n) is 6.58. The molecule has 0 radical (unpaired) electrons. The molecular formula is C20H28N4O2. The van der Waals surface area contributed by atoms with Gasteiger partial charge < -0.3 is 10.2 Å². The molecule has 0 aliphatic carbocycles. The number of benzene rings is 1. The number of nitrogens with zero attached hydrogens (tertiary/aromatic N) is 3. The summed E-state index contributed by atoms with van der Waals surface area (Å²) in [6.07, 6.45) is 1.84. The fourth-order valence-corrected chi connectivity index (χ4v) is 3.05. The van der Waals surface area contributed by atoms with Gasteiger partial charge in [-0.05, 0) is 43.9 Å². The van der Waals surface area contributed by atoms with Crippen LogP contribution in [0.2, 0.25) is 0 Å². The molecule has 0 aliphatic heterocycles. The lowest BCUT2D eigenvalue weighted by Crippen LogP contribution is -2.35. The number of carbonyl (C=O) groups excluding carboxylic acids is 2. The quantitative estimate of drug-likeness (QED) is 0.829. The van der Waals surface area contributed by atoms with Crippen LogP contribution >= 0.6 is 0 Å². The van der Waals surface area contributed by atoms with Gasteiger partial charge in [0.25, 0.3) is 0 Å². The van der Waals surface area contributed by atoms with Gasteiger partial charge in [-0.2, -0.15) is 5.10 Å². The number of aryl methyl sites for hydroxylation is 3. The van der Waals surface area contributed by atoms with Crippen LogP contribution in [-0.2, 0) is 29.5 Å². The first-order chi connectivity index (χ1) is 12.3. The van der Waals surface area contributed by atoms with Crippen molar-refractivity contribution in [3.8, 4) is 0 Å². The highest BCUT2D eigenvalue weighted by molar-refractivity contribution is 5.95. The summed E-state index contributed by atoms with van der Waals surface area (Å²) in [4.78, 5) is 26.1. The Hall–Kier alpha value is -2.63. The Morgan fingerprint density at radius 2 is 1.92 bits per heavy atom. The van der Waals surface area contributed by atoms with Crippen LogP contribution in [0, 0.1) is 13.8 Å². The predicted octanol–water partition coefficient (Wildman–Crippen LogP) is 2.63. The minimum atomic E-state index is -0.185. The van der Waals surface area contributed by atoms with Gasteiger partial charge in [0.15, 0.2) is 0 Å². The lowest BCUT2D eigenvalue weighted by atomic mass is 10.1. The Bertz CT molecular complexity index is 795. The van der Waals surface area contributed by atoms with E-state index in [0.717, 1.165) is 34.6 Å². The standard InChI is InChI=1S/C20H28N4O2/c1-6-16-9-7-8-10-18(16)21-19(25)13-23(4)20(26)12-11-17-14(2)22-24(5)15(17)3/h7-10H,6,11-13H2,1-5H3,(H,21,25). The predicted molar refractivity (Wildman–Crippen MR) is 103 cm³/mol. The summed E-state index contributed by atoms with van der Waals surface area (Å²) in [5.41, 5.74) is 5.02. The lowest BCUT2D eigenvalue weighted by molar-refractivity contribution is -0.133. The maximum Gasteiger partial charge on any atom is 0.243 e. The third-order valence-corrected chi connectivity index (χ3v) is 4.73. The summed E-state index contributed by atoms with van der Waals surface area (Å²) < 4.78 is 1.83. The van der Waals surface area contributed by atoms with Crippen LogP contribution in [0.4, 0.5) is 5.69 Å². The maximum atomic E-state index is 12.4. The van der Waals surface area contributed by atoms with Crippen LogP contribution in [0.5, 0.6) is 0 Å². The molecule has 0 spiro atoms. The second-order valence-corrected chi connectivity index (χ2v) is 6.58. The van der Waals surface area contributed by atoms with E-state index in [2.05, 4.69) is 10.4 Å². The van der Waals surface area contributed by atoms with Crippen molar-refractivity contribution in [3.05, 3.63) is 46.8 Å². The average Bonchev–Trinajstić information content (AvgIpc) is 2.85. The SMILES string of the molecule is CCc1ccccc1NC(=O)CN(C)C(=O)CCc1c(C)nn(C)c1C. The van der Waals surface area contributed by atoms with E-state index in [1.807, 2.05) is 56.8 Å². The van der Waals surface area contributed by atoms with Crippen molar-refractivity contribution < 1.29 is 9.59 Å². The highest BCUT2D eigenvalue weighted by atomic mass is 16.2. The number of anilines is 1. The smallest absolute Gasteiger partial charge is 0.243 e. The summed E-state index contributed by atoms with van der Waals surface area (Å²) in [6.45, 7) is 6.04. The number of hydrogen-bond acceptors (Lipinski definition) is 3. The molecule has 1 aromatic heterocycles. The molecule has 0 saturated heterocycles. The van der Waals surface area contributed by atoms with E-state index < -0.39 is 0 Å². The van der Waals surface area contributed by atoms with Crippen LogP contribution in [-0.4, -0.2) is 40.1 Å². The van der Waals surface area contributed by atoms with Crippen LogP contribution in [0.1, 0.15) is 35.9 Å². The highest BCUT2D eigenvalue weighted by Gasteiger charge is 2.16. The normalized spacial score (nSPS) is 10.7. The van der Waals surface area contributed by atoms with Gasteiger partial charge in [-0.3, -0.25) is 14.3 Å². The van der Waals surface area contributed by atoms with E-state index in [-0.39, 0.29) is 18.4 Å². The molecule has 0 atom stereocenters. The Balaban J connectivity index is 1.89. The zero-order valence-electron chi connectivity index (χ0n) is 16.3. The third kappa shape index (κ3) is 4.71. The Labute approximate surface area is 155 Å². The van der Waals surface area contributed by atoms with Gasteiger partial charge in [0.1, 0.15) is 0 Å². The van der Waals surface area contributed by atoms with Crippen molar-refractivity contribution in [1.82, 2.24) is 14.7 Å². The number of carbonyl (C=O) groups is 2. The molecular weight excluding hydrogens is 328 g/mol. The largest absolute Gasteiger partial charge is 0.336 e. The summed E-state index contributed by atoms with van der Waals surface area (Å²) in [7, 11) is 3.56. The van der Waals surface area contributed by atoms with Gasteiger partial charge in [-0.15, -0.1) is 0 Å². The van der Waals surface area contributed by atoms with Crippen molar-refractivity contribution in [3.63, 3.8) is 0 Å². The first kappa shape index (κ1) is 19.7. The van der Waals surface area contributed by atoms with E-state index >= 15 is 0 Å². The van der Waals surface area contributed by atoms with E-state index in [0.29, 0.717) is 12.8 Å². The Kier molecular flexibility index (Phi) is 6.55. The summed E-state index contributed by atoms with van der Waals surface area (Å²) in [5, 5.41) is 7.27. The fourth-order valence-electron chi connectivity index (χ4n) is 3.05. The first-order valence-electron chi connectivity index (χ1n) is 8.94. The number of amides is 2. The zero-order chi connectivity index (χ0) is 19.3. The number of aromatic nitrogens is 2. The number of para-hydroxylation sites is 1. The van der Waals surface area contributed by atoms with E-state index in [1.165, 1.54) is 4.90 Å². The number of nitrogens with one attached hydrogen (secondary N) is 1. The monoisotopic (exact) mass is 356 g/mol. The van der Waals surface area contributed by atoms with E-state index in [9.17, 15) is 9.59 Å². The van der Waals surface area contributed by atoms with Crippen molar-refractivity contribution in [1.29, 1.82) is 0 Å². The number of likely N-dealkylation sites (N-methyl/N-ethyl adjacent to an activating group) is 1. The molecule has 0 unspecified atom stereocenters. The Morgan fingerprint density at radius 1 is 1.23 bits per heavy atom. The molecule has 1 heterocycles. The highest BCUT2D eigenvalue weighted by Crippen LogP contribution is 2.16. The fraction of sp³-hybridized carbons (Fsp3) is 0.450. The van der Waals surface area contributed by atoms with Crippen molar-refractivity contribution in [2.75, 3.05) is 18.9 Å². The molecule has 6 nitrogen and oxygen atoms in total. The van der Waals surface area contributed by atoms with E-state index in [4.69, 9.17) is 0 Å². The van der Waals surface area contributed by atoms with Crippen molar-refractivity contribution in [2.24, 2.45) is 7.05 Å². The molecule has 26 heavy (non-hydrogen) atoms. The average molecular weight is 356 g/mol. The van der Waals surface area contributed by atoms with Gasteiger partial charge in [-0.25, -0.2) is 0 Å². The Morgan fingerprint density at radius 3 is 2.54 bits per heavy atom. The van der Waals surface area contributed by atoms with Crippen LogP contribution in [0.25, 0.3) is 0 Å². The van der Waals surface area contributed by atoms with Gasteiger partial charge in [0.05, 0.1) is 12.2 Å². The molecule has 0 aliphatic rings. The van der Waals surface area contributed by atoms with Gasteiger partial charge in [0, 0.05) is 31.9 Å². The molecule has 0 fully saturated rings. The minimum absolute atomic E-state index is 0.0435. The number of rotatable bonds is 7. The molecule has 2 amide bonds. The van der Waals surface area contributed by atoms with Gasteiger partial charge in [0.2, 0.25) is 11.8 Å². The van der Waals surface area contributed by atoms with Crippen molar-refractivity contribution >= 4 is 17.5 Å². The molecule has 140 valence electrons. The molecule has 2 aromatic rings. The van der Waals surface area contributed by atoms with Crippen LogP contribution in [0.3, 0.4) is 0 Å². The molecule has 1 aromatic carbocycles. The number of hydrogen-bond donors (Lipinski definition) is 1. The van der Waals surface area contributed by atoms with Gasteiger partial charge in [-0.1, -0.05) is 25.1 Å². The lowest BCUT2D eigenvalue weighted by Gasteiger charge is -2.17. The second kappa shape index (κ2) is 8.65. The minimum Gasteiger partial charge on any atom is -0.336 e. The summed E-state index contributed by atoms with van der Waals surface area (Å²) in [5.74, 6) is -0.234. The third-order valence-electron chi connectivity index (χ3n) is 4.73. The summed E-state index contributed by atoms with van der Waals surface area (Å²) >= 11 is 0.